The van der Waals surface area contributed by atoms with Crippen molar-refractivity contribution in [2.75, 3.05) is 13.1 Å². The van der Waals surface area contributed by atoms with Gasteiger partial charge in [-0.25, -0.2) is 4.99 Å². The summed E-state index contributed by atoms with van der Waals surface area (Å²) >= 11 is 0. The van der Waals surface area contributed by atoms with Crippen molar-refractivity contribution in [2.24, 2.45) is 10.9 Å². The van der Waals surface area contributed by atoms with Crippen LogP contribution in [0.4, 0.5) is 5.69 Å². The smallest absolute Gasteiger partial charge is 0.181 e. The van der Waals surface area contributed by atoms with E-state index in [9.17, 15) is 4.79 Å². The Morgan fingerprint density at radius 3 is 2.59 bits per heavy atom. The molecule has 0 radical (unpaired) electrons. The number of Topliss-reactive ketones (excluding diaryl/α,β-unsaturated/α-hetero) is 1. The highest BCUT2D eigenvalue weighted by molar-refractivity contribution is 6.45. The summed E-state index contributed by atoms with van der Waals surface area (Å²) in [5, 5.41) is 3.44. The molecule has 116 valence electrons. The second-order valence-electron chi connectivity index (χ2n) is 7.01. The molecule has 1 N–H and O–H groups in total. The summed E-state index contributed by atoms with van der Waals surface area (Å²) < 4.78 is 0. The third kappa shape index (κ3) is 2.14. The van der Waals surface area contributed by atoms with E-state index in [2.05, 4.69) is 23.5 Å². The zero-order valence-electron chi connectivity index (χ0n) is 13.1. The van der Waals surface area contributed by atoms with E-state index >= 15 is 0 Å². The molecular weight excluding hydrogens is 272 g/mol. The van der Waals surface area contributed by atoms with Crippen LogP contribution in [-0.2, 0) is 10.2 Å². The molecule has 3 heteroatoms. The van der Waals surface area contributed by atoms with Crippen molar-refractivity contribution >= 4 is 17.2 Å². The molecule has 1 aromatic carbocycles. The van der Waals surface area contributed by atoms with Crippen LogP contribution in [0.1, 0.15) is 50.5 Å². The van der Waals surface area contributed by atoms with Gasteiger partial charge in [0.1, 0.15) is 0 Å². The third-order valence-corrected chi connectivity index (χ3v) is 5.77. The Hall–Kier alpha value is -1.48. The van der Waals surface area contributed by atoms with Crippen molar-refractivity contribution in [3.05, 3.63) is 29.8 Å². The lowest BCUT2D eigenvalue weighted by Gasteiger charge is -2.37. The predicted molar refractivity (Wildman–Crippen MR) is 88.9 cm³/mol. The maximum atomic E-state index is 13.2. The van der Waals surface area contributed by atoms with Crippen molar-refractivity contribution < 1.29 is 4.79 Å². The number of ketones is 1. The largest absolute Gasteiger partial charge is 0.317 e. The Bertz CT molecular complexity index is 608. The molecule has 22 heavy (non-hydrogen) atoms. The number of nitrogens with zero attached hydrogens (tertiary/aromatic N) is 1. The van der Waals surface area contributed by atoms with Crippen LogP contribution in [0.5, 0.6) is 0 Å². The summed E-state index contributed by atoms with van der Waals surface area (Å²) in [6.45, 7) is 1.95. The fourth-order valence-corrected chi connectivity index (χ4v) is 4.54. The molecule has 4 rings (SSSR count). The van der Waals surface area contributed by atoms with E-state index < -0.39 is 0 Å². The lowest BCUT2D eigenvalue weighted by atomic mass is 9.67. The molecular formula is C19H24N2O. The number of hydrogen-bond donors (Lipinski definition) is 1. The lowest BCUT2D eigenvalue weighted by Crippen LogP contribution is -2.48. The molecule has 1 spiro atoms. The first-order chi connectivity index (χ1) is 10.8. The number of carbonyl (C=O) groups excluding carboxylic acids is 1. The Kier molecular flexibility index (Phi) is 3.61. The van der Waals surface area contributed by atoms with Gasteiger partial charge in [0.05, 0.1) is 11.4 Å². The molecule has 0 amide bonds. The number of fused-ring (bicyclic) bond motifs is 2. The molecule has 2 heterocycles. The predicted octanol–water partition coefficient (Wildman–Crippen LogP) is 3.54. The van der Waals surface area contributed by atoms with Gasteiger partial charge >= 0.3 is 0 Å². The van der Waals surface area contributed by atoms with Gasteiger partial charge < -0.3 is 5.32 Å². The van der Waals surface area contributed by atoms with Gasteiger partial charge in [0.25, 0.3) is 0 Å². The first kappa shape index (κ1) is 14.1. The summed E-state index contributed by atoms with van der Waals surface area (Å²) in [6, 6.07) is 8.38. The monoisotopic (exact) mass is 296 g/mol. The standard InChI is InChI=1S/C19H24N2O/c22-17(14-6-2-1-3-7-14)18-19(10-12-20-13-11-19)15-8-4-5-9-16(15)21-18/h4-5,8-9,14,20H,1-3,6-7,10-13H2. The van der Waals surface area contributed by atoms with Gasteiger partial charge in [-0.3, -0.25) is 4.79 Å². The Morgan fingerprint density at radius 2 is 1.82 bits per heavy atom. The van der Waals surface area contributed by atoms with Crippen LogP contribution in [0, 0.1) is 5.92 Å². The minimum atomic E-state index is -0.115. The first-order valence-corrected chi connectivity index (χ1v) is 8.75. The molecule has 2 fully saturated rings. The molecule has 1 saturated carbocycles. The van der Waals surface area contributed by atoms with Crippen LogP contribution in [0.25, 0.3) is 0 Å². The van der Waals surface area contributed by atoms with Gasteiger partial charge in [-0.05, 0) is 50.4 Å². The summed E-state index contributed by atoms with van der Waals surface area (Å²) in [6.07, 6.45) is 7.80. The van der Waals surface area contributed by atoms with E-state index in [1.165, 1.54) is 24.8 Å². The van der Waals surface area contributed by atoms with E-state index in [1.54, 1.807) is 0 Å². The molecule has 2 aliphatic heterocycles. The average Bonchev–Trinajstić information content (AvgIpc) is 2.90. The normalized spacial score (nSPS) is 24.1. The summed E-state index contributed by atoms with van der Waals surface area (Å²) in [5.41, 5.74) is 3.08. The van der Waals surface area contributed by atoms with E-state index in [1.807, 2.05) is 6.07 Å². The van der Waals surface area contributed by atoms with Crippen molar-refractivity contribution in [2.45, 2.75) is 50.4 Å². The van der Waals surface area contributed by atoms with Crippen molar-refractivity contribution in [3.63, 3.8) is 0 Å². The molecule has 3 nitrogen and oxygen atoms in total. The second kappa shape index (κ2) is 5.62. The highest BCUT2D eigenvalue weighted by Gasteiger charge is 2.47. The zero-order valence-corrected chi connectivity index (χ0v) is 13.1. The van der Waals surface area contributed by atoms with Gasteiger partial charge in [0.2, 0.25) is 0 Å². The fourth-order valence-electron chi connectivity index (χ4n) is 4.54. The van der Waals surface area contributed by atoms with Crippen LogP contribution < -0.4 is 5.32 Å². The highest BCUT2D eigenvalue weighted by Crippen LogP contribution is 2.47. The highest BCUT2D eigenvalue weighted by atomic mass is 16.1. The van der Waals surface area contributed by atoms with Gasteiger partial charge in [-0.1, -0.05) is 37.5 Å². The van der Waals surface area contributed by atoms with Gasteiger partial charge in [0, 0.05) is 11.3 Å². The average molecular weight is 296 g/mol. The molecule has 1 saturated heterocycles. The molecule has 0 atom stereocenters. The Labute approximate surface area is 132 Å². The molecule has 0 unspecified atom stereocenters. The number of nitrogens with one attached hydrogen (secondary N) is 1. The molecule has 0 aromatic heterocycles. The zero-order chi connectivity index (χ0) is 15.0. The van der Waals surface area contributed by atoms with Crippen molar-refractivity contribution in [3.8, 4) is 0 Å². The SMILES string of the molecule is O=C(C1=Nc2ccccc2C12CCNCC2)C1CCCCC1. The molecule has 0 bridgehead atoms. The Balaban J connectivity index is 1.72. The van der Waals surface area contributed by atoms with Crippen LogP contribution >= 0.6 is 0 Å². The second-order valence-corrected chi connectivity index (χ2v) is 7.01. The van der Waals surface area contributed by atoms with E-state index in [0.717, 1.165) is 50.2 Å². The third-order valence-electron chi connectivity index (χ3n) is 5.77. The lowest BCUT2D eigenvalue weighted by molar-refractivity contribution is -0.117. The Morgan fingerprint density at radius 1 is 1.09 bits per heavy atom. The molecule has 1 aromatic rings. The number of piperidine rings is 1. The number of benzene rings is 1. The maximum Gasteiger partial charge on any atom is 0.181 e. The van der Waals surface area contributed by atoms with Crippen LogP contribution in [0.15, 0.2) is 29.3 Å². The van der Waals surface area contributed by atoms with Crippen LogP contribution in [-0.4, -0.2) is 24.6 Å². The van der Waals surface area contributed by atoms with Crippen LogP contribution in [0.3, 0.4) is 0 Å². The minimum absolute atomic E-state index is 0.115. The van der Waals surface area contributed by atoms with Crippen molar-refractivity contribution in [1.82, 2.24) is 5.32 Å². The summed E-state index contributed by atoms with van der Waals surface area (Å²) in [7, 11) is 0. The first-order valence-electron chi connectivity index (χ1n) is 8.75. The summed E-state index contributed by atoms with van der Waals surface area (Å²) in [5.74, 6) is 0.561. The van der Waals surface area contributed by atoms with E-state index in [4.69, 9.17) is 4.99 Å². The van der Waals surface area contributed by atoms with E-state index in [-0.39, 0.29) is 11.3 Å². The number of carbonyl (C=O) groups is 1. The summed E-state index contributed by atoms with van der Waals surface area (Å²) in [4.78, 5) is 18.0. The van der Waals surface area contributed by atoms with Gasteiger partial charge in [-0.2, -0.15) is 0 Å². The number of para-hydroxylation sites is 1. The maximum absolute atomic E-state index is 13.2. The number of aliphatic imine (C=N–C) groups is 1. The topological polar surface area (TPSA) is 41.5 Å². The van der Waals surface area contributed by atoms with Gasteiger partial charge in [-0.15, -0.1) is 0 Å². The number of hydrogen-bond acceptors (Lipinski definition) is 3. The number of rotatable bonds is 2. The van der Waals surface area contributed by atoms with Gasteiger partial charge in [0.15, 0.2) is 5.78 Å². The van der Waals surface area contributed by atoms with E-state index in [0.29, 0.717) is 5.78 Å². The van der Waals surface area contributed by atoms with Crippen LogP contribution in [0.2, 0.25) is 0 Å². The molecule has 3 aliphatic rings. The fraction of sp³-hybridized carbons (Fsp3) is 0.579. The minimum Gasteiger partial charge on any atom is -0.317 e. The quantitative estimate of drug-likeness (QED) is 0.907. The van der Waals surface area contributed by atoms with Crippen molar-refractivity contribution in [1.29, 1.82) is 0 Å². The molecule has 1 aliphatic carbocycles.